The molecule has 0 amide bonds. The van der Waals surface area contributed by atoms with E-state index in [9.17, 15) is 0 Å². The Bertz CT molecular complexity index is 932. The Morgan fingerprint density at radius 1 is 0.810 bits per heavy atom. The number of benzene rings is 2. The van der Waals surface area contributed by atoms with Gasteiger partial charge < -0.3 is 0 Å². The van der Waals surface area contributed by atoms with Crippen LogP contribution in [0.5, 0.6) is 0 Å². The van der Waals surface area contributed by atoms with E-state index in [0.717, 1.165) is 21.3 Å². The Morgan fingerprint density at radius 3 is 2.67 bits per heavy atom. The summed E-state index contributed by atoms with van der Waals surface area (Å²) in [6.45, 7) is 0. The maximum Gasteiger partial charge on any atom is 0.0898 e. The molecule has 0 bridgehead atoms. The molecule has 0 saturated carbocycles. The number of nitrogens with zero attached hydrogens (tertiary/aromatic N) is 3. The first-order valence-electron chi connectivity index (χ1n) is 6.61. The zero-order chi connectivity index (χ0) is 14.1. The Labute approximate surface area is 126 Å². The van der Waals surface area contributed by atoms with Gasteiger partial charge in [0.15, 0.2) is 0 Å². The van der Waals surface area contributed by atoms with Crippen molar-refractivity contribution in [1.82, 2.24) is 15.0 Å². The van der Waals surface area contributed by atoms with Crippen molar-refractivity contribution in [3.8, 4) is 0 Å². The second-order valence-electron chi connectivity index (χ2n) is 4.66. The molecular weight excluding hydrogens is 278 g/mol. The van der Waals surface area contributed by atoms with Gasteiger partial charge in [0.1, 0.15) is 0 Å². The number of pyridine rings is 1. The zero-order valence-corrected chi connectivity index (χ0v) is 11.9. The predicted molar refractivity (Wildman–Crippen MR) is 85.4 cm³/mol. The standard InChI is InChI=1S/C17H11N3S/c1-2-12-11-18-7-6-14(12)17(3-1)21-13-4-5-15-16(10-13)20-9-8-19-15/h1-11H. The minimum Gasteiger partial charge on any atom is -0.264 e. The largest absolute Gasteiger partial charge is 0.264 e. The number of rotatable bonds is 2. The van der Waals surface area contributed by atoms with Gasteiger partial charge in [-0.3, -0.25) is 15.0 Å². The van der Waals surface area contributed by atoms with Crippen molar-refractivity contribution < 1.29 is 0 Å². The van der Waals surface area contributed by atoms with Crippen molar-refractivity contribution in [3.05, 3.63) is 67.3 Å². The topological polar surface area (TPSA) is 38.7 Å². The van der Waals surface area contributed by atoms with E-state index in [4.69, 9.17) is 0 Å². The second kappa shape index (κ2) is 5.14. The molecule has 2 heterocycles. The first kappa shape index (κ1) is 12.3. The highest BCUT2D eigenvalue weighted by molar-refractivity contribution is 7.99. The van der Waals surface area contributed by atoms with Crippen LogP contribution < -0.4 is 0 Å². The molecular formula is C17H11N3S. The summed E-state index contributed by atoms with van der Waals surface area (Å²) in [6.07, 6.45) is 7.16. The van der Waals surface area contributed by atoms with E-state index < -0.39 is 0 Å². The van der Waals surface area contributed by atoms with E-state index in [1.165, 1.54) is 10.3 Å². The van der Waals surface area contributed by atoms with Crippen LogP contribution in [0.25, 0.3) is 21.8 Å². The van der Waals surface area contributed by atoms with E-state index in [1.807, 2.05) is 18.5 Å². The molecule has 0 atom stereocenters. The van der Waals surface area contributed by atoms with E-state index in [-0.39, 0.29) is 0 Å². The minimum atomic E-state index is 0.920. The minimum absolute atomic E-state index is 0.920. The lowest BCUT2D eigenvalue weighted by molar-refractivity contribution is 1.28. The van der Waals surface area contributed by atoms with Crippen LogP contribution in [0.1, 0.15) is 0 Å². The highest BCUT2D eigenvalue weighted by Gasteiger charge is 2.04. The van der Waals surface area contributed by atoms with Gasteiger partial charge in [-0.2, -0.15) is 0 Å². The lowest BCUT2D eigenvalue weighted by Crippen LogP contribution is -1.83. The Hall–Kier alpha value is -2.46. The number of aromatic nitrogens is 3. The van der Waals surface area contributed by atoms with Crippen LogP contribution in [0.4, 0.5) is 0 Å². The summed E-state index contributed by atoms with van der Waals surface area (Å²) in [7, 11) is 0. The summed E-state index contributed by atoms with van der Waals surface area (Å²) >= 11 is 1.74. The van der Waals surface area contributed by atoms with Gasteiger partial charge in [0, 0.05) is 40.0 Å². The lowest BCUT2D eigenvalue weighted by Gasteiger charge is -2.06. The maximum absolute atomic E-state index is 4.36. The van der Waals surface area contributed by atoms with Gasteiger partial charge in [-0.15, -0.1) is 0 Å². The summed E-state index contributed by atoms with van der Waals surface area (Å²) in [5.41, 5.74) is 1.84. The molecule has 0 N–H and O–H groups in total. The maximum atomic E-state index is 4.36. The Kier molecular flexibility index (Phi) is 3.01. The molecule has 0 radical (unpaired) electrons. The molecule has 0 spiro atoms. The van der Waals surface area contributed by atoms with Crippen LogP contribution in [0.15, 0.2) is 77.0 Å². The van der Waals surface area contributed by atoms with Gasteiger partial charge in [-0.25, -0.2) is 0 Å². The van der Waals surface area contributed by atoms with Crippen LogP contribution in [0.2, 0.25) is 0 Å². The molecule has 0 fully saturated rings. The van der Waals surface area contributed by atoms with Crippen molar-refractivity contribution in [3.63, 3.8) is 0 Å². The monoisotopic (exact) mass is 289 g/mol. The highest BCUT2D eigenvalue weighted by atomic mass is 32.2. The summed E-state index contributed by atoms with van der Waals surface area (Å²) in [6, 6.07) is 14.5. The second-order valence-corrected chi connectivity index (χ2v) is 5.78. The lowest BCUT2D eigenvalue weighted by atomic mass is 10.2. The highest BCUT2D eigenvalue weighted by Crippen LogP contribution is 2.33. The van der Waals surface area contributed by atoms with E-state index in [2.05, 4.69) is 51.4 Å². The molecule has 0 unspecified atom stereocenters. The Balaban J connectivity index is 1.79. The molecule has 4 aromatic rings. The van der Waals surface area contributed by atoms with Crippen LogP contribution in [-0.4, -0.2) is 15.0 Å². The van der Waals surface area contributed by atoms with Crippen LogP contribution >= 0.6 is 11.8 Å². The molecule has 0 aliphatic heterocycles. The quantitative estimate of drug-likeness (QED) is 0.550. The number of hydrogen-bond donors (Lipinski definition) is 0. The SMILES string of the molecule is c1cc(Sc2ccc3nccnc3c2)c2ccncc2c1. The van der Waals surface area contributed by atoms with Crippen molar-refractivity contribution in [2.24, 2.45) is 0 Å². The van der Waals surface area contributed by atoms with E-state index in [1.54, 1.807) is 24.2 Å². The Morgan fingerprint density at radius 2 is 1.71 bits per heavy atom. The van der Waals surface area contributed by atoms with E-state index in [0.29, 0.717) is 0 Å². The summed E-state index contributed by atoms with van der Waals surface area (Å²) < 4.78 is 0. The van der Waals surface area contributed by atoms with Gasteiger partial charge >= 0.3 is 0 Å². The smallest absolute Gasteiger partial charge is 0.0898 e. The average molecular weight is 289 g/mol. The molecule has 3 nitrogen and oxygen atoms in total. The normalized spacial score (nSPS) is 11.0. The number of fused-ring (bicyclic) bond motifs is 2. The molecule has 100 valence electrons. The molecule has 21 heavy (non-hydrogen) atoms. The first-order valence-corrected chi connectivity index (χ1v) is 7.43. The van der Waals surface area contributed by atoms with Gasteiger partial charge in [0.05, 0.1) is 11.0 Å². The van der Waals surface area contributed by atoms with Gasteiger partial charge in [-0.05, 0) is 35.7 Å². The van der Waals surface area contributed by atoms with Crippen LogP contribution in [0.3, 0.4) is 0 Å². The fourth-order valence-electron chi connectivity index (χ4n) is 2.32. The van der Waals surface area contributed by atoms with Gasteiger partial charge in [0.25, 0.3) is 0 Å². The molecule has 2 aromatic carbocycles. The fraction of sp³-hybridized carbons (Fsp3) is 0. The third-order valence-electron chi connectivity index (χ3n) is 3.31. The third-order valence-corrected chi connectivity index (χ3v) is 4.37. The molecule has 4 rings (SSSR count). The van der Waals surface area contributed by atoms with Crippen molar-refractivity contribution in [2.75, 3.05) is 0 Å². The summed E-state index contributed by atoms with van der Waals surface area (Å²) in [5, 5.41) is 2.37. The molecule has 0 aliphatic rings. The van der Waals surface area contributed by atoms with Crippen LogP contribution in [-0.2, 0) is 0 Å². The van der Waals surface area contributed by atoms with Gasteiger partial charge in [0.2, 0.25) is 0 Å². The average Bonchev–Trinajstić information content (AvgIpc) is 2.55. The van der Waals surface area contributed by atoms with E-state index >= 15 is 0 Å². The molecule has 0 saturated heterocycles. The summed E-state index contributed by atoms with van der Waals surface area (Å²) in [5.74, 6) is 0. The van der Waals surface area contributed by atoms with Crippen molar-refractivity contribution in [2.45, 2.75) is 9.79 Å². The van der Waals surface area contributed by atoms with Crippen LogP contribution in [0, 0.1) is 0 Å². The molecule has 0 aliphatic carbocycles. The fourth-order valence-corrected chi connectivity index (χ4v) is 3.32. The zero-order valence-electron chi connectivity index (χ0n) is 11.1. The number of hydrogen-bond acceptors (Lipinski definition) is 4. The first-order chi connectivity index (χ1) is 10.4. The predicted octanol–water partition coefficient (Wildman–Crippen LogP) is 4.33. The van der Waals surface area contributed by atoms with Crippen molar-refractivity contribution in [1.29, 1.82) is 0 Å². The third kappa shape index (κ3) is 2.34. The van der Waals surface area contributed by atoms with Gasteiger partial charge in [-0.1, -0.05) is 23.9 Å². The molecule has 2 aromatic heterocycles. The van der Waals surface area contributed by atoms with Crippen molar-refractivity contribution >= 4 is 33.6 Å². The molecule has 4 heteroatoms. The summed E-state index contributed by atoms with van der Waals surface area (Å²) in [4.78, 5) is 15.2.